The van der Waals surface area contributed by atoms with Gasteiger partial charge in [0, 0.05) is 44.7 Å². The van der Waals surface area contributed by atoms with E-state index in [0.29, 0.717) is 49.2 Å². The zero-order chi connectivity index (χ0) is 21.8. The summed E-state index contributed by atoms with van der Waals surface area (Å²) in [5.41, 5.74) is 1.42. The molecule has 4 heterocycles. The highest BCUT2D eigenvalue weighted by Crippen LogP contribution is 2.45. The van der Waals surface area contributed by atoms with Crippen molar-refractivity contribution in [2.45, 2.75) is 19.3 Å². The maximum Gasteiger partial charge on any atom is 0.272 e. The largest absolute Gasteiger partial charge is 0.339 e. The third-order valence-corrected chi connectivity index (χ3v) is 6.38. The van der Waals surface area contributed by atoms with E-state index in [1.54, 1.807) is 24.7 Å². The minimum atomic E-state index is -0.574. The monoisotopic (exact) mass is 420 g/mol. The molecule has 3 aromatic rings. The lowest BCUT2D eigenvalue weighted by molar-refractivity contribution is 0.0721. The zero-order valence-electron chi connectivity index (χ0n) is 17.8. The highest BCUT2D eigenvalue weighted by molar-refractivity contribution is 5.95. The summed E-state index contributed by atoms with van der Waals surface area (Å²) < 4.78 is 7.21. The number of benzene rings is 1. The van der Waals surface area contributed by atoms with Crippen molar-refractivity contribution in [2.24, 2.45) is 13.0 Å². The predicted molar refractivity (Wildman–Crippen MR) is 110 cm³/mol. The molecule has 5 rings (SSSR count). The first-order valence-corrected chi connectivity index (χ1v) is 10.3. The lowest BCUT2D eigenvalue weighted by Gasteiger charge is -2.26. The van der Waals surface area contributed by atoms with Gasteiger partial charge in [0.15, 0.2) is 5.82 Å². The molecular formula is C22H24N6O3. The molecule has 0 N–H and O–H groups in total. The van der Waals surface area contributed by atoms with Crippen molar-refractivity contribution in [1.82, 2.24) is 29.7 Å². The Kier molecular flexibility index (Phi) is 4.42. The molecule has 2 amide bonds. The fourth-order valence-corrected chi connectivity index (χ4v) is 4.91. The van der Waals surface area contributed by atoms with Crippen LogP contribution in [0.25, 0.3) is 0 Å². The van der Waals surface area contributed by atoms with Crippen LogP contribution in [-0.4, -0.2) is 67.7 Å². The maximum absolute atomic E-state index is 13.2. The van der Waals surface area contributed by atoms with Gasteiger partial charge in [-0.2, -0.15) is 10.1 Å². The molecule has 2 aromatic heterocycles. The van der Waals surface area contributed by atoms with Gasteiger partial charge in [-0.1, -0.05) is 23.4 Å². The van der Waals surface area contributed by atoms with E-state index in [1.165, 1.54) is 0 Å². The first-order chi connectivity index (χ1) is 14.9. The van der Waals surface area contributed by atoms with Crippen molar-refractivity contribution < 1.29 is 14.1 Å². The van der Waals surface area contributed by atoms with Crippen LogP contribution in [0.5, 0.6) is 0 Å². The van der Waals surface area contributed by atoms with Crippen LogP contribution >= 0.6 is 0 Å². The molecule has 0 spiro atoms. The van der Waals surface area contributed by atoms with E-state index in [1.807, 2.05) is 47.1 Å². The number of nitrogens with zero attached hydrogens (tertiary/aromatic N) is 6. The average Bonchev–Trinajstić information content (AvgIpc) is 3.49. The Bertz CT molecular complexity index is 1150. The molecule has 0 aliphatic carbocycles. The van der Waals surface area contributed by atoms with E-state index < -0.39 is 5.41 Å². The second-order valence-electron chi connectivity index (χ2n) is 8.53. The van der Waals surface area contributed by atoms with Gasteiger partial charge in [-0.05, 0) is 32.0 Å². The number of hydrogen-bond acceptors (Lipinski definition) is 6. The van der Waals surface area contributed by atoms with Crippen molar-refractivity contribution in [3.63, 3.8) is 0 Å². The molecule has 9 nitrogen and oxygen atoms in total. The van der Waals surface area contributed by atoms with E-state index in [9.17, 15) is 9.59 Å². The molecule has 160 valence electrons. The van der Waals surface area contributed by atoms with Gasteiger partial charge < -0.3 is 14.3 Å². The van der Waals surface area contributed by atoms with E-state index >= 15 is 0 Å². The van der Waals surface area contributed by atoms with Crippen molar-refractivity contribution in [3.05, 3.63) is 65.1 Å². The van der Waals surface area contributed by atoms with Gasteiger partial charge in [0.1, 0.15) is 5.69 Å². The molecule has 0 saturated carbocycles. The van der Waals surface area contributed by atoms with Gasteiger partial charge in [-0.15, -0.1) is 0 Å². The lowest BCUT2D eigenvalue weighted by atomic mass is 9.81. The van der Waals surface area contributed by atoms with Crippen molar-refractivity contribution in [3.8, 4) is 0 Å². The highest BCUT2D eigenvalue weighted by Gasteiger charge is 2.59. The number of amides is 2. The van der Waals surface area contributed by atoms with Crippen LogP contribution in [-0.2, 0) is 12.5 Å². The van der Waals surface area contributed by atoms with Gasteiger partial charge in [-0.3, -0.25) is 14.3 Å². The van der Waals surface area contributed by atoms with Crippen LogP contribution in [0, 0.1) is 19.8 Å². The summed E-state index contributed by atoms with van der Waals surface area (Å²) >= 11 is 0. The predicted octanol–water partition coefficient (Wildman–Crippen LogP) is 1.59. The molecular weight excluding hydrogens is 396 g/mol. The molecule has 9 heteroatoms. The third kappa shape index (κ3) is 3.11. The quantitative estimate of drug-likeness (QED) is 0.638. The van der Waals surface area contributed by atoms with E-state index in [-0.39, 0.29) is 17.7 Å². The summed E-state index contributed by atoms with van der Waals surface area (Å²) in [5, 5.41) is 8.28. The molecule has 2 unspecified atom stereocenters. The summed E-state index contributed by atoms with van der Waals surface area (Å²) in [5.74, 6) is 0.955. The Morgan fingerprint density at radius 1 is 1.06 bits per heavy atom. The second kappa shape index (κ2) is 7.04. The zero-order valence-corrected chi connectivity index (χ0v) is 17.8. The number of likely N-dealkylation sites (tertiary alicyclic amines) is 2. The highest BCUT2D eigenvalue weighted by atomic mass is 16.5. The van der Waals surface area contributed by atoms with Gasteiger partial charge >= 0.3 is 0 Å². The molecule has 0 radical (unpaired) electrons. The molecule has 2 saturated heterocycles. The summed E-state index contributed by atoms with van der Waals surface area (Å²) in [7, 11) is 1.77. The van der Waals surface area contributed by atoms with Crippen LogP contribution in [0.1, 0.15) is 38.3 Å². The fraction of sp³-hybridized carbons (Fsp3) is 0.409. The van der Waals surface area contributed by atoms with Crippen LogP contribution < -0.4 is 0 Å². The summed E-state index contributed by atoms with van der Waals surface area (Å²) in [6.07, 6.45) is 0. The molecule has 2 aliphatic rings. The van der Waals surface area contributed by atoms with Crippen LogP contribution in [0.2, 0.25) is 0 Å². The number of carbonyl (C=O) groups is 2. The first kappa shape index (κ1) is 19.5. The second-order valence-corrected chi connectivity index (χ2v) is 8.53. The van der Waals surface area contributed by atoms with E-state index in [2.05, 4.69) is 15.2 Å². The Balaban J connectivity index is 1.46. The number of fused-ring (bicyclic) bond motifs is 1. The molecule has 2 fully saturated rings. The van der Waals surface area contributed by atoms with Crippen LogP contribution in [0.4, 0.5) is 0 Å². The molecule has 1 aromatic carbocycles. The Morgan fingerprint density at radius 3 is 2.32 bits per heavy atom. The maximum atomic E-state index is 13.2. The van der Waals surface area contributed by atoms with Gasteiger partial charge in [0.25, 0.3) is 11.8 Å². The SMILES string of the molecule is Cc1cc(C(=O)N2CC3CN(C(=O)c4ccccc4)CC3(c3nc(C)no3)C2)n(C)n1. The van der Waals surface area contributed by atoms with Gasteiger partial charge in [-0.25, -0.2) is 0 Å². The average molecular weight is 420 g/mol. The normalized spacial score (nSPS) is 22.7. The van der Waals surface area contributed by atoms with Crippen molar-refractivity contribution in [1.29, 1.82) is 0 Å². The van der Waals surface area contributed by atoms with Crippen LogP contribution in [0.15, 0.2) is 40.9 Å². The van der Waals surface area contributed by atoms with Gasteiger partial charge in [0.2, 0.25) is 5.89 Å². The van der Waals surface area contributed by atoms with E-state index in [4.69, 9.17) is 4.52 Å². The minimum absolute atomic E-state index is 0.0123. The molecule has 31 heavy (non-hydrogen) atoms. The molecule has 2 atom stereocenters. The minimum Gasteiger partial charge on any atom is -0.339 e. The smallest absolute Gasteiger partial charge is 0.272 e. The van der Waals surface area contributed by atoms with Gasteiger partial charge in [0.05, 0.1) is 11.1 Å². The number of aromatic nitrogens is 4. The fourth-order valence-electron chi connectivity index (χ4n) is 4.91. The Morgan fingerprint density at radius 2 is 1.74 bits per heavy atom. The van der Waals surface area contributed by atoms with E-state index in [0.717, 1.165) is 5.69 Å². The first-order valence-electron chi connectivity index (χ1n) is 10.3. The number of rotatable bonds is 3. The molecule has 0 bridgehead atoms. The Labute approximate surface area is 179 Å². The van der Waals surface area contributed by atoms with Crippen molar-refractivity contribution in [2.75, 3.05) is 26.2 Å². The summed E-state index contributed by atoms with van der Waals surface area (Å²) in [6.45, 7) is 5.54. The number of hydrogen-bond donors (Lipinski definition) is 0. The molecule has 2 aliphatic heterocycles. The van der Waals surface area contributed by atoms with Crippen LogP contribution in [0.3, 0.4) is 0 Å². The lowest BCUT2D eigenvalue weighted by Crippen LogP contribution is -2.41. The van der Waals surface area contributed by atoms with Crippen molar-refractivity contribution >= 4 is 11.8 Å². The standard InChI is InChI=1S/C22H24N6O3/c1-14-9-18(26(3)24-14)20(30)28-11-17-10-27(19(29)16-7-5-4-6-8-16)12-22(17,13-28)21-23-15(2)25-31-21/h4-9,17H,10-13H2,1-3H3. The number of carbonyl (C=O) groups excluding carboxylic acids is 2. The Hall–Kier alpha value is -3.49. The topological polar surface area (TPSA) is 97.4 Å². The summed E-state index contributed by atoms with van der Waals surface area (Å²) in [4.78, 5) is 34.5. The third-order valence-electron chi connectivity index (χ3n) is 6.38. The summed E-state index contributed by atoms with van der Waals surface area (Å²) in [6, 6.07) is 11.0. The number of aryl methyl sites for hydroxylation is 3.